The third-order valence-electron chi connectivity index (χ3n) is 4.73. The Morgan fingerprint density at radius 3 is 2.68 bits per heavy atom. The van der Waals surface area contributed by atoms with E-state index in [1.165, 1.54) is 11.1 Å². The highest BCUT2D eigenvalue weighted by Crippen LogP contribution is 2.41. The van der Waals surface area contributed by atoms with Crippen LogP contribution in [0.15, 0.2) is 60.9 Å². The van der Waals surface area contributed by atoms with Gasteiger partial charge in [0, 0.05) is 31.0 Å². The van der Waals surface area contributed by atoms with Crippen LogP contribution in [0.4, 0.5) is 0 Å². The Morgan fingerprint density at radius 2 is 1.95 bits per heavy atom. The van der Waals surface area contributed by atoms with Gasteiger partial charge in [0.2, 0.25) is 0 Å². The second-order valence-corrected chi connectivity index (χ2v) is 6.14. The molecule has 3 heteroatoms. The first-order valence-corrected chi connectivity index (χ1v) is 7.76. The molecule has 1 amide bonds. The quantitative estimate of drug-likeness (QED) is 0.850. The lowest BCUT2D eigenvalue weighted by molar-refractivity contribution is 0.0785. The number of hydrogen-bond acceptors (Lipinski definition) is 2. The molecule has 2 unspecified atom stereocenters. The smallest absolute Gasteiger partial charge is 0.253 e. The molecular formula is C19H18N2O. The van der Waals surface area contributed by atoms with Crippen LogP contribution in [-0.2, 0) is 0 Å². The number of fused-ring (bicyclic) bond motifs is 1. The molecule has 1 saturated heterocycles. The molecular weight excluding hydrogens is 272 g/mol. The fourth-order valence-corrected chi connectivity index (χ4v) is 3.61. The van der Waals surface area contributed by atoms with E-state index in [2.05, 4.69) is 17.1 Å². The summed E-state index contributed by atoms with van der Waals surface area (Å²) in [5.74, 6) is 1.21. The number of amides is 1. The minimum Gasteiger partial charge on any atom is -0.338 e. The summed E-state index contributed by atoms with van der Waals surface area (Å²) in [6, 6.07) is 13.7. The first-order valence-electron chi connectivity index (χ1n) is 7.76. The number of aromatic nitrogens is 1. The SMILES string of the molecule is O=C(c1ccccc1)N1CC2C=C(c3cccnc3)CC2C1. The standard InChI is InChI=1S/C19H18N2O/c22-19(14-5-2-1-3-6-14)21-12-17-9-16(10-18(17)13-21)15-7-4-8-20-11-15/h1-9,11,17-18H,10,12-13H2. The molecule has 1 fully saturated rings. The van der Waals surface area contributed by atoms with E-state index in [0.29, 0.717) is 11.8 Å². The van der Waals surface area contributed by atoms with Gasteiger partial charge >= 0.3 is 0 Å². The second-order valence-electron chi connectivity index (χ2n) is 6.14. The highest BCUT2D eigenvalue weighted by Gasteiger charge is 2.38. The summed E-state index contributed by atoms with van der Waals surface area (Å²) in [7, 11) is 0. The van der Waals surface area contributed by atoms with Gasteiger partial charge in [-0.3, -0.25) is 9.78 Å². The third-order valence-corrected chi connectivity index (χ3v) is 4.73. The first-order chi connectivity index (χ1) is 10.8. The Bertz CT molecular complexity index is 709. The molecule has 0 bridgehead atoms. The molecule has 0 radical (unpaired) electrons. The molecule has 22 heavy (non-hydrogen) atoms. The first kappa shape index (κ1) is 13.3. The molecule has 0 N–H and O–H groups in total. The average Bonchev–Trinajstić information content (AvgIpc) is 3.15. The summed E-state index contributed by atoms with van der Waals surface area (Å²) >= 11 is 0. The number of carbonyl (C=O) groups excluding carboxylic acids is 1. The largest absolute Gasteiger partial charge is 0.338 e. The zero-order valence-electron chi connectivity index (χ0n) is 12.4. The topological polar surface area (TPSA) is 33.2 Å². The van der Waals surface area contributed by atoms with Gasteiger partial charge in [-0.2, -0.15) is 0 Å². The molecule has 0 saturated carbocycles. The Labute approximate surface area is 130 Å². The van der Waals surface area contributed by atoms with E-state index in [0.717, 1.165) is 25.1 Å². The van der Waals surface area contributed by atoms with Crippen LogP contribution in [0.1, 0.15) is 22.3 Å². The molecule has 2 aromatic rings. The van der Waals surface area contributed by atoms with Gasteiger partial charge < -0.3 is 4.90 Å². The van der Waals surface area contributed by atoms with Crippen molar-refractivity contribution in [3.05, 3.63) is 72.1 Å². The third kappa shape index (κ3) is 2.33. The van der Waals surface area contributed by atoms with Crippen molar-refractivity contribution in [2.75, 3.05) is 13.1 Å². The van der Waals surface area contributed by atoms with Crippen molar-refractivity contribution in [2.45, 2.75) is 6.42 Å². The van der Waals surface area contributed by atoms with Crippen LogP contribution in [0.2, 0.25) is 0 Å². The summed E-state index contributed by atoms with van der Waals surface area (Å²) < 4.78 is 0. The van der Waals surface area contributed by atoms with Crippen LogP contribution in [0, 0.1) is 11.8 Å². The molecule has 2 atom stereocenters. The van der Waals surface area contributed by atoms with E-state index in [1.807, 2.05) is 47.5 Å². The highest BCUT2D eigenvalue weighted by molar-refractivity contribution is 5.94. The van der Waals surface area contributed by atoms with E-state index in [4.69, 9.17) is 0 Å². The van der Waals surface area contributed by atoms with Crippen molar-refractivity contribution in [3.63, 3.8) is 0 Å². The van der Waals surface area contributed by atoms with Crippen LogP contribution in [-0.4, -0.2) is 28.9 Å². The van der Waals surface area contributed by atoms with Crippen LogP contribution < -0.4 is 0 Å². The van der Waals surface area contributed by atoms with Gasteiger partial charge in [-0.15, -0.1) is 0 Å². The number of benzene rings is 1. The minimum atomic E-state index is 0.159. The number of hydrogen-bond donors (Lipinski definition) is 0. The van der Waals surface area contributed by atoms with Crippen molar-refractivity contribution in [2.24, 2.45) is 11.8 Å². The summed E-state index contributed by atoms with van der Waals surface area (Å²) in [5.41, 5.74) is 3.40. The van der Waals surface area contributed by atoms with E-state index in [-0.39, 0.29) is 5.91 Å². The van der Waals surface area contributed by atoms with Crippen LogP contribution >= 0.6 is 0 Å². The number of carbonyl (C=O) groups is 1. The number of allylic oxidation sites excluding steroid dienone is 1. The van der Waals surface area contributed by atoms with Gasteiger partial charge in [0.25, 0.3) is 5.91 Å². The van der Waals surface area contributed by atoms with E-state index < -0.39 is 0 Å². The minimum absolute atomic E-state index is 0.159. The van der Waals surface area contributed by atoms with Gasteiger partial charge in [0.05, 0.1) is 0 Å². The van der Waals surface area contributed by atoms with Crippen molar-refractivity contribution in [1.82, 2.24) is 9.88 Å². The Morgan fingerprint density at radius 1 is 1.09 bits per heavy atom. The number of nitrogens with zero attached hydrogens (tertiary/aromatic N) is 2. The van der Waals surface area contributed by atoms with Crippen LogP contribution in [0.3, 0.4) is 0 Å². The predicted octanol–water partition coefficient (Wildman–Crippen LogP) is 3.26. The Balaban J connectivity index is 1.49. The molecule has 110 valence electrons. The van der Waals surface area contributed by atoms with Gasteiger partial charge in [-0.1, -0.05) is 30.3 Å². The Hall–Kier alpha value is -2.42. The number of rotatable bonds is 2. The molecule has 4 rings (SSSR count). The molecule has 1 aromatic carbocycles. The van der Waals surface area contributed by atoms with Gasteiger partial charge in [0.15, 0.2) is 0 Å². The van der Waals surface area contributed by atoms with E-state index in [1.54, 1.807) is 6.20 Å². The van der Waals surface area contributed by atoms with Crippen molar-refractivity contribution in [3.8, 4) is 0 Å². The maximum Gasteiger partial charge on any atom is 0.253 e. The summed E-state index contributed by atoms with van der Waals surface area (Å²) in [4.78, 5) is 18.7. The molecule has 1 aliphatic carbocycles. The van der Waals surface area contributed by atoms with Crippen molar-refractivity contribution < 1.29 is 4.79 Å². The van der Waals surface area contributed by atoms with E-state index >= 15 is 0 Å². The molecule has 1 aromatic heterocycles. The normalized spacial score (nSPS) is 23.3. The fraction of sp³-hybridized carbons (Fsp3) is 0.263. The van der Waals surface area contributed by atoms with Gasteiger partial charge in [0.1, 0.15) is 0 Å². The van der Waals surface area contributed by atoms with Gasteiger partial charge in [-0.25, -0.2) is 0 Å². The molecule has 0 spiro atoms. The summed E-state index contributed by atoms with van der Waals surface area (Å²) in [5, 5.41) is 0. The molecule has 1 aliphatic heterocycles. The van der Waals surface area contributed by atoms with Crippen molar-refractivity contribution in [1.29, 1.82) is 0 Å². The van der Waals surface area contributed by atoms with Gasteiger partial charge in [-0.05, 0) is 47.6 Å². The zero-order chi connectivity index (χ0) is 14.9. The lowest BCUT2D eigenvalue weighted by Gasteiger charge is -2.17. The van der Waals surface area contributed by atoms with Crippen molar-refractivity contribution >= 4 is 11.5 Å². The number of likely N-dealkylation sites (tertiary alicyclic amines) is 1. The fourth-order valence-electron chi connectivity index (χ4n) is 3.61. The highest BCUT2D eigenvalue weighted by atomic mass is 16.2. The zero-order valence-corrected chi connectivity index (χ0v) is 12.4. The number of pyridine rings is 1. The lowest BCUT2D eigenvalue weighted by Crippen LogP contribution is -2.29. The average molecular weight is 290 g/mol. The Kier molecular flexibility index (Phi) is 3.26. The molecule has 2 heterocycles. The molecule has 3 nitrogen and oxygen atoms in total. The lowest BCUT2D eigenvalue weighted by atomic mass is 9.99. The van der Waals surface area contributed by atoms with Crippen LogP contribution in [0.25, 0.3) is 5.57 Å². The maximum atomic E-state index is 12.5. The second kappa shape index (κ2) is 5.41. The summed E-state index contributed by atoms with van der Waals surface area (Å²) in [6.45, 7) is 1.70. The van der Waals surface area contributed by atoms with Crippen LogP contribution in [0.5, 0.6) is 0 Å². The molecule has 2 aliphatic rings. The maximum absolute atomic E-state index is 12.5. The predicted molar refractivity (Wildman–Crippen MR) is 86.2 cm³/mol. The summed E-state index contributed by atoms with van der Waals surface area (Å²) in [6.07, 6.45) is 7.13. The van der Waals surface area contributed by atoms with E-state index in [9.17, 15) is 4.79 Å². The monoisotopic (exact) mass is 290 g/mol.